The van der Waals surface area contributed by atoms with E-state index in [9.17, 15) is 13.2 Å². The van der Waals surface area contributed by atoms with Gasteiger partial charge in [0, 0.05) is 19.0 Å². The molecule has 1 aliphatic heterocycles. The number of hydrogen-bond donors (Lipinski definition) is 1. The van der Waals surface area contributed by atoms with Crippen molar-refractivity contribution in [1.29, 1.82) is 0 Å². The summed E-state index contributed by atoms with van der Waals surface area (Å²) < 4.78 is 34.0. The van der Waals surface area contributed by atoms with E-state index in [0.29, 0.717) is 36.2 Å². The molecule has 1 aromatic carbocycles. The summed E-state index contributed by atoms with van der Waals surface area (Å²) in [7, 11) is -2.08. The number of hydrogen-bond acceptors (Lipinski definition) is 4. The number of sulfonamides is 1. The van der Waals surface area contributed by atoms with Crippen LogP contribution in [0.4, 0.5) is 5.69 Å². The summed E-state index contributed by atoms with van der Waals surface area (Å²) in [4.78, 5) is 13.9. The number of nitrogens with one attached hydrogen (secondary N) is 1. The molecule has 0 unspecified atom stereocenters. The van der Waals surface area contributed by atoms with Crippen molar-refractivity contribution in [3.63, 3.8) is 0 Å². The number of ether oxygens (including phenoxy) is 1. The molecule has 1 saturated heterocycles. The van der Waals surface area contributed by atoms with Crippen LogP contribution in [0.3, 0.4) is 0 Å². The first-order valence-electron chi connectivity index (χ1n) is 8.98. The summed E-state index contributed by atoms with van der Waals surface area (Å²) in [6.07, 6.45) is 5.70. The van der Waals surface area contributed by atoms with Crippen molar-refractivity contribution in [2.75, 3.05) is 18.6 Å². The van der Waals surface area contributed by atoms with Crippen LogP contribution in [0.1, 0.15) is 38.5 Å². The summed E-state index contributed by atoms with van der Waals surface area (Å²) in [6.45, 7) is 0.596. The minimum atomic E-state index is -3.60. The molecule has 25 heavy (non-hydrogen) atoms. The highest BCUT2D eigenvalue weighted by Crippen LogP contribution is 2.45. The van der Waals surface area contributed by atoms with E-state index in [1.54, 1.807) is 23.1 Å². The standard InChI is InChI=1S/C18H24N2O4S/c1-24-17-7-6-14(11-16(17)20-8-2-3-18(20)21)25(22,23)19-15-10-12-4-5-13(15)9-12/h6-7,11-13,15,19H,2-5,8-10H2,1H3/t12-,13-,15-/m0/s1. The zero-order valence-electron chi connectivity index (χ0n) is 14.4. The van der Waals surface area contributed by atoms with E-state index in [4.69, 9.17) is 4.74 Å². The Morgan fingerprint density at radius 1 is 1.24 bits per heavy atom. The van der Waals surface area contributed by atoms with Gasteiger partial charge < -0.3 is 9.64 Å². The minimum Gasteiger partial charge on any atom is -0.495 e. The van der Waals surface area contributed by atoms with Gasteiger partial charge in [-0.25, -0.2) is 13.1 Å². The highest BCUT2D eigenvalue weighted by Gasteiger charge is 2.41. The lowest BCUT2D eigenvalue weighted by Gasteiger charge is -2.24. The van der Waals surface area contributed by atoms with Gasteiger partial charge in [0.05, 0.1) is 17.7 Å². The van der Waals surface area contributed by atoms with Gasteiger partial charge in [-0.1, -0.05) is 6.42 Å². The Morgan fingerprint density at radius 2 is 2.08 bits per heavy atom. The molecule has 1 amide bonds. The average Bonchev–Trinajstić information content (AvgIpc) is 3.30. The van der Waals surface area contributed by atoms with Gasteiger partial charge in [0.15, 0.2) is 0 Å². The van der Waals surface area contributed by atoms with Crippen LogP contribution < -0.4 is 14.4 Å². The van der Waals surface area contributed by atoms with Crippen molar-refractivity contribution in [1.82, 2.24) is 4.72 Å². The molecule has 3 aliphatic rings. The van der Waals surface area contributed by atoms with Gasteiger partial charge in [-0.2, -0.15) is 0 Å². The zero-order valence-corrected chi connectivity index (χ0v) is 15.2. The van der Waals surface area contributed by atoms with Gasteiger partial charge in [-0.3, -0.25) is 4.79 Å². The van der Waals surface area contributed by atoms with E-state index in [0.717, 1.165) is 25.7 Å². The van der Waals surface area contributed by atoms with Crippen LogP contribution in [0.5, 0.6) is 5.75 Å². The summed E-state index contributed by atoms with van der Waals surface area (Å²) in [5, 5.41) is 0. The maximum Gasteiger partial charge on any atom is 0.240 e. The quantitative estimate of drug-likeness (QED) is 0.870. The number of rotatable bonds is 5. The van der Waals surface area contributed by atoms with Gasteiger partial charge in [0.25, 0.3) is 0 Å². The molecular weight excluding hydrogens is 340 g/mol. The van der Waals surface area contributed by atoms with Crippen LogP contribution in [0.15, 0.2) is 23.1 Å². The topological polar surface area (TPSA) is 75.7 Å². The van der Waals surface area contributed by atoms with E-state index in [-0.39, 0.29) is 16.8 Å². The van der Waals surface area contributed by atoms with Gasteiger partial charge in [-0.05, 0) is 55.7 Å². The second kappa shape index (κ2) is 6.29. The fourth-order valence-corrected chi connectivity index (χ4v) is 5.94. The number of nitrogens with zero attached hydrogens (tertiary/aromatic N) is 1. The van der Waals surface area contributed by atoms with E-state index in [1.807, 2.05) is 0 Å². The first kappa shape index (κ1) is 16.8. The third-order valence-corrected chi connectivity index (χ3v) is 7.36. The monoisotopic (exact) mass is 364 g/mol. The SMILES string of the molecule is COc1ccc(S(=O)(=O)N[C@H]2C[C@H]3CC[C@H]2C3)cc1N1CCCC1=O. The highest BCUT2D eigenvalue weighted by atomic mass is 32.2. The van der Waals surface area contributed by atoms with Crippen molar-refractivity contribution >= 4 is 21.6 Å². The van der Waals surface area contributed by atoms with E-state index >= 15 is 0 Å². The lowest BCUT2D eigenvalue weighted by atomic mass is 9.96. The number of methoxy groups -OCH3 is 1. The summed E-state index contributed by atoms with van der Waals surface area (Å²) >= 11 is 0. The fourth-order valence-electron chi connectivity index (χ4n) is 4.61. The number of carbonyl (C=O) groups is 1. The van der Waals surface area contributed by atoms with Crippen molar-refractivity contribution in [3.05, 3.63) is 18.2 Å². The van der Waals surface area contributed by atoms with Crippen LogP contribution in [0.2, 0.25) is 0 Å². The molecule has 0 spiro atoms. The summed E-state index contributed by atoms with van der Waals surface area (Å²) in [6, 6.07) is 4.80. The molecule has 4 rings (SSSR count). The molecular formula is C18H24N2O4S. The Kier molecular flexibility index (Phi) is 4.24. The maximum atomic E-state index is 12.9. The summed E-state index contributed by atoms with van der Waals surface area (Å²) in [5.41, 5.74) is 0.542. The van der Waals surface area contributed by atoms with E-state index in [1.165, 1.54) is 13.5 Å². The van der Waals surface area contributed by atoms with Crippen LogP contribution in [0.25, 0.3) is 0 Å². The van der Waals surface area contributed by atoms with E-state index in [2.05, 4.69) is 4.72 Å². The molecule has 136 valence electrons. The molecule has 0 aromatic heterocycles. The number of anilines is 1. The van der Waals surface area contributed by atoms with Gasteiger partial charge >= 0.3 is 0 Å². The van der Waals surface area contributed by atoms with E-state index < -0.39 is 10.0 Å². The number of benzene rings is 1. The Balaban J connectivity index is 1.62. The Labute approximate surface area is 148 Å². The molecule has 6 nitrogen and oxygen atoms in total. The van der Waals surface area contributed by atoms with Gasteiger partial charge in [0.2, 0.25) is 15.9 Å². The molecule has 3 fully saturated rings. The number of fused-ring (bicyclic) bond motifs is 2. The second-order valence-electron chi connectivity index (χ2n) is 7.39. The Hall–Kier alpha value is -1.60. The summed E-state index contributed by atoms with van der Waals surface area (Å²) in [5.74, 6) is 1.67. The van der Waals surface area contributed by atoms with Gasteiger partial charge in [0.1, 0.15) is 5.75 Å². The number of carbonyl (C=O) groups excluding carboxylic acids is 1. The van der Waals surface area contributed by atoms with Crippen LogP contribution in [-0.2, 0) is 14.8 Å². The smallest absolute Gasteiger partial charge is 0.240 e. The van der Waals surface area contributed by atoms with Crippen LogP contribution in [0, 0.1) is 11.8 Å². The van der Waals surface area contributed by atoms with Crippen molar-refractivity contribution in [2.45, 2.75) is 49.5 Å². The van der Waals surface area contributed by atoms with Crippen LogP contribution >= 0.6 is 0 Å². The zero-order chi connectivity index (χ0) is 17.6. The molecule has 1 heterocycles. The minimum absolute atomic E-state index is 0.00825. The highest BCUT2D eigenvalue weighted by molar-refractivity contribution is 7.89. The average molecular weight is 364 g/mol. The first-order chi connectivity index (χ1) is 12.0. The lowest BCUT2D eigenvalue weighted by molar-refractivity contribution is -0.117. The molecule has 1 aromatic rings. The van der Waals surface area contributed by atoms with Crippen molar-refractivity contribution in [2.24, 2.45) is 11.8 Å². The third-order valence-electron chi connectivity index (χ3n) is 5.87. The molecule has 0 radical (unpaired) electrons. The van der Waals surface area contributed by atoms with Crippen molar-refractivity contribution < 1.29 is 17.9 Å². The molecule has 2 bridgehead atoms. The van der Waals surface area contributed by atoms with Gasteiger partial charge in [-0.15, -0.1) is 0 Å². The molecule has 3 atom stereocenters. The Bertz CT molecular complexity index is 792. The molecule has 2 saturated carbocycles. The van der Waals surface area contributed by atoms with Crippen molar-refractivity contribution in [3.8, 4) is 5.75 Å². The first-order valence-corrected chi connectivity index (χ1v) is 10.5. The molecule has 2 aliphatic carbocycles. The molecule has 7 heteroatoms. The Morgan fingerprint density at radius 3 is 2.68 bits per heavy atom. The second-order valence-corrected chi connectivity index (χ2v) is 9.10. The lowest BCUT2D eigenvalue weighted by Crippen LogP contribution is -2.38. The largest absolute Gasteiger partial charge is 0.495 e. The fraction of sp³-hybridized carbons (Fsp3) is 0.611. The predicted octanol–water partition coefficient (Wildman–Crippen LogP) is 2.29. The maximum absolute atomic E-state index is 12.9. The predicted molar refractivity (Wildman–Crippen MR) is 94.1 cm³/mol. The van der Waals surface area contributed by atoms with Crippen LogP contribution in [-0.4, -0.2) is 34.0 Å². The number of amides is 1. The molecule has 1 N–H and O–H groups in total. The normalized spacial score (nSPS) is 28.8. The third kappa shape index (κ3) is 3.04.